The van der Waals surface area contributed by atoms with E-state index >= 15 is 0 Å². The molecular weight excluding hydrogens is 322 g/mol. The fourth-order valence-electron chi connectivity index (χ4n) is 2.58. The van der Waals surface area contributed by atoms with E-state index in [1.165, 1.54) is 11.9 Å². The van der Waals surface area contributed by atoms with Crippen molar-refractivity contribution in [3.63, 3.8) is 0 Å². The van der Waals surface area contributed by atoms with Crippen molar-refractivity contribution in [2.45, 2.75) is 6.54 Å². The highest BCUT2D eigenvalue weighted by Crippen LogP contribution is 2.18. The molecule has 24 heavy (non-hydrogen) atoms. The minimum atomic E-state index is 0.413. The van der Waals surface area contributed by atoms with Crippen LogP contribution in [-0.4, -0.2) is 19.5 Å². The lowest BCUT2D eigenvalue weighted by molar-refractivity contribution is 0.824. The Hall–Kier alpha value is -2.92. The first kappa shape index (κ1) is 14.7. The first-order valence-electron chi connectivity index (χ1n) is 7.51. The smallest absolute Gasteiger partial charge is 0.135 e. The molecule has 0 unspecified atom stereocenters. The molecule has 0 bridgehead atoms. The highest BCUT2D eigenvalue weighted by molar-refractivity contribution is 6.29. The maximum Gasteiger partial charge on any atom is 0.135 e. The van der Waals surface area contributed by atoms with Gasteiger partial charge in [-0.3, -0.25) is 0 Å². The van der Waals surface area contributed by atoms with E-state index in [9.17, 15) is 0 Å². The fourth-order valence-corrected chi connectivity index (χ4v) is 2.72. The summed E-state index contributed by atoms with van der Waals surface area (Å²) in [4.78, 5) is 12.4. The summed E-state index contributed by atoms with van der Waals surface area (Å²) in [6, 6.07) is 18.0. The fraction of sp³-hybridized carbons (Fsp3) is 0.0556. The average molecular weight is 336 g/mol. The quantitative estimate of drug-likeness (QED) is 0.566. The Morgan fingerprint density at radius 3 is 2.62 bits per heavy atom. The number of hydrogen-bond donors (Lipinski definition) is 1. The third kappa shape index (κ3) is 3.07. The van der Waals surface area contributed by atoms with Gasteiger partial charge in [0, 0.05) is 18.3 Å². The summed E-state index contributed by atoms with van der Waals surface area (Å²) in [7, 11) is 0. The molecule has 0 atom stereocenters. The van der Waals surface area contributed by atoms with E-state index in [4.69, 9.17) is 11.6 Å². The van der Waals surface area contributed by atoms with Crippen molar-refractivity contribution in [3.05, 3.63) is 78.0 Å². The minimum Gasteiger partial charge on any atom is -0.340 e. The van der Waals surface area contributed by atoms with Crippen LogP contribution < -0.4 is 5.32 Å². The lowest BCUT2D eigenvalue weighted by Gasteiger charge is -2.08. The number of para-hydroxylation sites is 2. The average Bonchev–Trinajstić information content (AvgIpc) is 3.00. The first-order valence-corrected chi connectivity index (χ1v) is 7.89. The van der Waals surface area contributed by atoms with E-state index in [1.54, 1.807) is 6.07 Å². The van der Waals surface area contributed by atoms with Gasteiger partial charge in [0.05, 0.1) is 17.4 Å². The Morgan fingerprint density at radius 2 is 1.79 bits per heavy atom. The van der Waals surface area contributed by atoms with Gasteiger partial charge in [-0.05, 0) is 29.8 Å². The van der Waals surface area contributed by atoms with Gasteiger partial charge >= 0.3 is 0 Å². The maximum atomic E-state index is 5.86. The van der Waals surface area contributed by atoms with Gasteiger partial charge in [0.15, 0.2) is 0 Å². The number of rotatable bonds is 4. The predicted molar refractivity (Wildman–Crippen MR) is 95.6 cm³/mol. The molecule has 4 aromatic rings. The number of hydrogen-bond acceptors (Lipinski definition) is 4. The Kier molecular flexibility index (Phi) is 3.84. The van der Waals surface area contributed by atoms with Crippen molar-refractivity contribution in [2.24, 2.45) is 0 Å². The summed E-state index contributed by atoms with van der Waals surface area (Å²) < 4.78 is 2.14. The molecule has 2 aromatic carbocycles. The highest BCUT2D eigenvalue weighted by Gasteiger charge is 2.03. The summed E-state index contributed by atoms with van der Waals surface area (Å²) in [5.41, 5.74) is 4.29. The number of anilines is 2. The van der Waals surface area contributed by atoms with Crippen molar-refractivity contribution >= 4 is 34.1 Å². The van der Waals surface area contributed by atoms with E-state index in [0.29, 0.717) is 11.0 Å². The topological polar surface area (TPSA) is 55.6 Å². The predicted octanol–water partition coefficient (Wildman–Crippen LogP) is 4.27. The lowest BCUT2D eigenvalue weighted by atomic mass is 10.2. The highest BCUT2D eigenvalue weighted by atomic mass is 35.5. The van der Waals surface area contributed by atoms with E-state index in [0.717, 1.165) is 23.3 Å². The van der Waals surface area contributed by atoms with Gasteiger partial charge in [0.2, 0.25) is 0 Å². The van der Waals surface area contributed by atoms with Crippen LogP contribution in [0.2, 0.25) is 5.15 Å². The molecule has 0 saturated carbocycles. The largest absolute Gasteiger partial charge is 0.340 e. The zero-order valence-electron chi connectivity index (χ0n) is 12.7. The maximum absolute atomic E-state index is 5.86. The molecule has 2 heterocycles. The third-order valence-corrected chi connectivity index (χ3v) is 3.95. The number of aromatic nitrogens is 4. The van der Waals surface area contributed by atoms with E-state index < -0.39 is 0 Å². The third-order valence-electron chi connectivity index (χ3n) is 3.74. The first-order chi connectivity index (χ1) is 11.8. The van der Waals surface area contributed by atoms with Gasteiger partial charge in [-0.1, -0.05) is 35.9 Å². The van der Waals surface area contributed by atoms with Gasteiger partial charge < -0.3 is 9.88 Å². The molecule has 0 aliphatic heterocycles. The monoisotopic (exact) mass is 335 g/mol. The van der Waals surface area contributed by atoms with Crippen LogP contribution in [0.15, 0.2) is 67.3 Å². The molecule has 0 aliphatic rings. The van der Waals surface area contributed by atoms with Crippen molar-refractivity contribution in [2.75, 3.05) is 5.32 Å². The van der Waals surface area contributed by atoms with Crippen molar-refractivity contribution in [1.29, 1.82) is 0 Å². The molecule has 6 heteroatoms. The van der Waals surface area contributed by atoms with Crippen LogP contribution >= 0.6 is 11.6 Å². The van der Waals surface area contributed by atoms with Crippen LogP contribution in [0.5, 0.6) is 0 Å². The molecular formula is C18H14ClN5. The SMILES string of the molecule is Clc1cc(Nc2ccc(Cn3cnc4ccccc43)cc2)ncn1. The zero-order valence-corrected chi connectivity index (χ0v) is 13.5. The van der Waals surface area contributed by atoms with E-state index in [-0.39, 0.29) is 0 Å². The molecule has 0 saturated heterocycles. The second-order valence-electron chi connectivity index (χ2n) is 5.41. The summed E-state index contributed by atoms with van der Waals surface area (Å²) in [6.07, 6.45) is 3.31. The molecule has 1 N–H and O–H groups in total. The second-order valence-corrected chi connectivity index (χ2v) is 5.80. The summed E-state index contributed by atoms with van der Waals surface area (Å²) in [5.74, 6) is 0.670. The summed E-state index contributed by atoms with van der Waals surface area (Å²) in [5, 5.41) is 3.62. The lowest BCUT2D eigenvalue weighted by Crippen LogP contribution is -1.98. The summed E-state index contributed by atoms with van der Waals surface area (Å²) in [6.45, 7) is 0.778. The standard InChI is InChI=1S/C18H14ClN5/c19-17-9-18(21-11-20-17)23-14-7-5-13(6-8-14)10-24-12-22-15-3-1-2-4-16(15)24/h1-9,11-12H,10H2,(H,20,21,23). The molecule has 0 fully saturated rings. The van der Waals surface area contributed by atoms with Crippen LogP contribution in [-0.2, 0) is 6.54 Å². The molecule has 4 rings (SSSR count). The summed E-state index contributed by atoms with van der Waals surface area (Å²) >= 11 is 5.86. The van der Waals surface area contributed by atoms with E-state index in [1.807, 2.05) is 36.7 Å². The molecule has 2 aromatic heterocycles. The van der Waals surface area contributed by atoms with Crippen molar-refractivity contribution < 1.29 is 0 Å². The number of fused-ring (bicyclic) bond motifs is 1. The zero-order chi connectivity index (χ0) is 16.4. The Morgan fingerprint density at radius 1 is 0.958 bits per heavy atom. The van der Waals surface area contributed by atoms with E-state index in [2.05, 4.69) is 43.0 Å². The normalized spacial score (nSPS) is 10.9. The van der Waals surface area contributed by atoms with Crippen LogP contribution in [0.3, 0.4) is 0 Å². The molecule has 5 nitrogen and oxygen atoms in total. The van der Waals surface area contributed by atoms with Crippen LogP contribution in [0, 0.1) is 0 Å². The van der Waals surface area contributed by atoms with Crippen LogP contribution in [0.4, 0.5) is 11.5 Å². The van der Waals surface area contributed by atoms with Gasteiger partial charge in [-0.2, -0.15) is 0 Å². The number of benzene rings is 2. The Labute approximate surface area is 144 Å². The molecule has 0 aliphatic carbocycles. The van der Waals surface area contributed by atoms with Crippen molar-refractivity contribution in [1.82, 2.24) is 19.5 Å². The molecule has 118 valence electrons. The molecule has 0 amide bonds. The number of nitrogens with zero attached hydrogens (tertiary/aromatic N) is 4. The molecule has 0 radical (unpaired) electrons. The Bertz CT molecular complexity index is 978. The number of nitrogens with one attached hydrogen (secondary N) is 1. The Balaban J connectivity index is 1.51. The minimum absolute atomic E-state index is 0.413. The second kappa shape index (κ2) is 6.29. The van der Waals surface area contributed by atoms with Gasteiger partial charge in [-0.15, -0.1) is 0 Å². The number of halogens is 1. The molecule has 0 spiro atoms. The van der Waals surface area contributed by atoms with Gasteiger partial charge in [-0.25, -0.2) is 15.0 Å². The number of imidazole rings is 1. The van der Waals surface area contributed by atoms with Gasteiger partial charge in [0.1, 0.15) is 17.3 Å². The van der Waals surface area contributed by atoms with Crippen molar-refractivity contribution in [3.8, 4) is 0 Å². The van der Waals surface area contributed by atoms with Crippen LogP contribution in [0.1, 0.15) is 5.56 Å². The van der Waals surface area contributed by atoms with Crippen LogP contribution in [0.25, 0.3) is 11.0 Å². The van der Waals surface area contributed by atoms with Gasteiger partial charge in [0.25, 0.3) is 0 Å².